The second kappa shape index (κ2) is 10.2. The van der Waals surface area contributed by atoms with Crippen molar-refractivity contribution in [2.45, 2.75) is 20.4 Å². The number of thiocarbonyl (C=S) groups is 1. The van der Waals surface area contributed by atoms with Crippen LogP contribution < -0.4 is 20.1 Å². The molecule has 0 fully saturated rings. The molecule has 0 bridgehead atoms. The van der Waals surface area contributed by atoms with Gasteiger partial charge in [0.25, 0.3) is 0 Å². The third kappa shape index (κ3) is 5.70. The Morgan fingerprint density at radius 2 is 1.61 bits per heavy atom. The molecular formula is C26H26N4O2S. The lowest BCUT2D eigenvalue weighted by atomic mass is 10.2. The first-order valence-electron chi connectivity index (χ1n) is 10.6. The number of anilines is 2. The van der Waals surface area contributed by atoms with E-state index in [-0.39, 0.29) is 0 Å². The quantitative estimate of drug-likeness (QED) is 0.324. The minimum absolute atomic E-state index is 0.504. The van der Waals surface area contributed by atoms with E-state index in [1.807, 2.05) is 91.3 Å². The van der Waals surface area contributed by atoms with Crippen LogP contribution in [0.4, 0.5) is 11.4 Å². The molecule has 3 aromatic carbocycles. The monoisotopic (exact) mass is 458 g/mol. The van der Waals surface area contributed by atoms with Crippen molar-refractivity contribution in [3.63, 3.8) is 0 Å². The maximum atomic E-state index is 5.96. The first-order valence-corrected chi connectivity index (χ1v) is 11.0. The number of hydrogen-bond donors (Lipinski definition) is 2. The van der Waals surface area contributed by atoms with Gasteiger partial charge in [-0.2, -0.15) is 5.10 Å². The molecule has 0 saturated heterocycles. The SMILES string of the molecule is COc1ccc(NC(=S)Nc2c(C)nn(Cc3cccc(Oc4ccccc4)c3)c2C)cc1. The minimum Gasteiger partial charge on any atom is -0.497 e. The largest absolute Gasteiger partial charge is 0.497 e. The molecule has 7 heteroatoms. The van der Waals surface area contributed by atoms with E-state index in [4.69, 9.17) is 26.8 Å². The van der Waals surface area contributed by atoms with E-state index < -0.39 is 0 Å². The molecule has 1 aromatic heterocycles. The van der Waals surface area contributed by atoms with Crippen molar-refractivity contribution >= 4 is 28.7 Å². The van der Waals surface area contributed by atoms with Gasteiger partial charge in [0.1, 0.15) is 17.2 Å². The second-order valence-electron chi connectivity index (χ2n) is 7.57. The van der Waals surface area contributed by atoms with Crippen molar-refractivity contribution < 1.29 is 9.47 Å². The zero-order valence-electron chi connectivity index (χ0n) is 18.8. The normalized spacial score (nSPS) is 10.5. The number of methoxy groups -OCH3 is 1. The average molecular weight is 459 g/mol. The van der Waals surface area contributed by atoms with Crippen LogP contribution in [0.1, 0.15) is 17.0 Å². The van der Waals surface area contributed by atoms with Gasteiger partial charge in [-0.15, -0.1) is 0 Å². The predicted molar refractivity (Wildman–Crippen MR) is 137 cm³/mol. The van der Waals surface area contributed by atoms with Crippen LogP contribution in [0.2, 0.25) is 0 Å². The van der Waals surface area contributed by atoms with Gasteiger partial charge in [0, 0.05) is 5.69 Å². The van der Waals surface area contributed by atoms with Crippen LogP contribution in [0.15, 0.2) is 78.9 Å². The van der Waals surface area contributed by atoms with Crippen molar-refractivity contribution in [2.24, 2.45) is 0 Å². The number of aromatic nitrogens is 2. The molecule has 0 aliphatic heterocycles. The van der Waals surface area contributed by atoms with Gasteiger partial charge in [0.15, 0.2) is 5.11 Å². The highest BCUT2D eigenvalue weighted by molar-refractivity contribution is 7.80. The minimum atomic E-state index is 0.504. The van der Waals surface area contributed by atoms with E-state index in [1.165, 1.54) is 0 Å². The summed E-state index contributed by atoms with van der Waals surface area (Å²) in [6.07, 6.45) is 0. The molecule has 4 aromatic rings. The van der Waals surface area contributed by atoms with E-state index >= 15 is 0 Å². The van der Waals surface area contributed by atoms with Gasteiger partial charge in [-0.05, 0) is 80.2 Å². The van der Waals surface area contributed by atoms with Crippen LogP contribution in [0.3, 0.4) is 0 Å². The summed E-state index contributed by atoms with van der Waals surface area (Å²) in [5.74, 6) is 2.40. The third-order valence-electron chi connectivity index (χ3n) is 5.18. The van der Waals surface area contributed by atoms with E-state index in [0.717, 1.165) is 45.6 Å². The van der Waals surface area contributed by atoms with Gasteiger partial charge >= 0.3 is 0 Å². The van der Waals surface area contributed by atoms with Crippen LogP contribution in [0.25, 0.3) is 0 Å². The fourth-order valence-corrected chi connectivity index (χ4v) is 3.71. The summed E-state index contributed by atoms with van der Waals surface area (Å²) < 4.78 is 13.1. The van der Waals surface area contributed by atoms with E-state index in [2.05, 4.69) is 16.7 Å². The lowest BCUT2D eigenvalue weighted by Gasteiger charge is -2.12. The number of aryl methyl sites for hydroxylation is 1. The number of nitrogens with zero attached hydrogens (tertiary/aromatic N) is 2. The van der Waals surface area contributed by atoms with Gasteiger partial charge in [-0.3, -0.25) is 4.68 Å². The first kappa shape index (κ1) is 22.4. The smallest absolute Gasteiger partial charge is 0.175 e. The fraction of sp³-hybridized carbons (Fsp3) is 0.154. The lowest BCUT2D eigenvalue weighted by molar-refractivity contribution is 0.415. The standard InChI is InChI=1S/C26H26N4O2S/c1-18-25(28-26(33)27-21-12-14-22(31-3)15-13-21)19(2)30(29-18)17-20-8-7-11-24(16-20)32-23-9-5-4-6-10-23/h4-16H,17H2,1-3H3,(H2,27,28,33). The van der Waals surface area contributed by atoms with E-state index in [0.29, 0.717) is 11.7 Å². The van der Waals surface area contributed by atoms with Gasteiger partial charge < -0.3 is 20.1 Å². The number of hydrogen-bond acceptors (Lipinski definition) is 4. The van der Waals surface area contributed by atoms with E-state index in [9.17, 15) is 0 Å². The van der Waals surface area contributed by atoms with Gasteiger partial charge in [0.05, 0.1) is 30.7 Å². The number of para-hydroxylation sites is 1. The van der Waals surface area contributed by atoms with Gasteiger partial charge in [-0.25, -0.2) is 0 Å². The zero-order valence-corrected chi connectivity index (χ0v) is 19.6. The van der Waals surface area contributed by atoms with Gasteiger partial charge in [0.2, 0.25) is 0 Å². The molecule has 0 unspecified atom stereocenters. The summed E-state index contributed by atoms with van der Waals surface area (Å²) in [6.45, 7) is 4.62. The molecule has 1 heterocycles. The number of nitrogens with one attached hydrogen (secondary N) is 2. The van der Waals surface area contributed by atoms with Crippen molar-refractivity contribution in [3.8, 4) is 17.2 Å². The third-order valence-corrected chi connectivity index (χ3v) is 5.38. The molecule has 0 aliphatic rings. The van der Waals surface area contributed by atoms with Crippen LogP contribution >= 0.6 is 12.2 Å². The topological polar surface area (TPSA) is 60.3 Å². The molecule has 0 spiro atoms. The van der Waals surface area contributed by atoms with Crippen LogP contribution in [0, 0.1) is 13.8 Å². The Bertz CT molecular complexity index is 1240. The van der Waals surface area contributed by atoms with Crippen LogP contribution in [-0.2, 0) is 6.54 Å². The highest BCUT2D eigenvalue weighted by atomic mass is 32.1. The van der Waals surface area contributed by atoms with Crippen LogP contribution in [-0.4, -0.2) is 22.0 Å². The summed E-state index contributed by atoms with van der Waals surface area (Å²) in [5.41, 5.74) is 4.76. The molecule has 0 aliphatic carbocycles. The summed E-state index contributed by atoms with van der Waals surface area (Å²) in [4.78, 5) is 0. The van der Waals surface area contributed by atoms with Crippen molar-refractivity contribution in [3.05, 3.63) is 95.8 Å². The molecule has 4 rings (SSSR count). The fourth-order valence-electron chi connectivity index (χ4n) is 3.49. The zero-order chi connectivity index (χ0) is 23.2. The maximum absolute atomic E-state index is 5.96. The Kier molecular flexibility index (Phi) is 6.90. The summed E-state index contributed by atoms with van der Waals surface area (Å²) in [6, 6.07) is 25.4. The summed E-state index contributed by atoms with van der Waals surface area (Å²) >= 11 is 5.51. The molecule has 168 valence electrons. The Labute approximate surface area is 199 Å². The highest BCUT2D eigenvalue weighted by Gasteiger charge is 2.13. The Morgan fingerprint density at radius 1 is 0.879 bits per heavy atom. The molecule has 33 heavy (non-hydrogen) atoms. The Balaban J connectivity index is 1.44. The molecule has 6 nitrogen and oxygen atoms in total. The molecular weight excluding hydrogens is 432 g/mol. The first-order chi connectivity index (χ1) is 16.0. The van der Waals surface area contributed by atoms with Crippen LogP contribution in [0.5, 0.6) is 17.2 Å². The van der Waals surface area contributed by atoms with Crippen molar-refractivity contribution in [2.75, 3.05) is 17.7 Å². The molecule has 0 atom stereocenters. The number of rotatable bonds is 7. The molecule has 0 saturated carbocycles. The highest BCUT2D eigenvalue weighted by Crippen LogP contribution is 2.25. The summed E-state index contributed by atoms with van der Waals surface area (Å²) in [7, 11) is 1.64. The predicted octanol–water partition coefficient (Wildman–Crippen LogP) is 6.16. The lowest BCUT2D eigenvalue weighted by Crippen LogP contribution is -2.20. The molecule has 0 amide bonds. The van der Waals surface area contributed by atoms with Gasteiger partial charge in [-0.1, -0.05) is 30.3 Å². The molecule has 0 radical (unpaired) electrons. The molecule has 2 N–H and O–H groups in total. The Hall–Kier alpha value is -3.84. The Morgan fingerprint density at radius 3 is 2.33 bits per heavy atom. The average Bonchev–Trinajstić information content (AvgIpc) is 3.07. The number of ether oxygens (including phenoxy) is 2. The number of benzene rings is 3. The second-order valence-corrected chi connectivity index (χ2v) is 7.98. The summed E-state index contributed by atoms with van der Waals surface area (Å²) in [5, 5.41) is 11.7. The van der Waals surface area contributed by atoms with E-state index in [1.54, 1.807) is 7.11 Å². The maximum Gasteiger partial charge on any atom is 0.175 e. The van der Waals surface area contributed by atoms with Crippen molar-refractivity contribution in [1.29, 1.82) is 0 Å². The van der Waals surface area contributed by atoms with Crippen molar-refractivity contribution in [1.82, 2.24) is 9.78 Å².